The van der Waals surface area contributed by atoms with Crippen LogP contribution in [0.2, 0.25) is 0 Å². The van der Waals surface area contributed by atoms with Gasteiger partial charge in [0.25, 0.3) is 0 Å². The van der Waals surface area contributed by atoms with Crippen LogP contribution in [0.5, 0.6) is 0 Å². The van der Waals surface area contributed by atoms with E-state index in [1.807, 2.05) is 24.3 Å². The van der Waals surface area contributed by atoms with Crippen molar-refractivity contribution in [2.75, 3.05) is 20.2 Å². The van der Waals surface area contributed by atoms with E-state index in [9.17, 15) is 9.59 Å². The lowest BCUT2D eigenvalue weighted by atomic mass is 9.83. The summed E-state index contributed by atoms with van der Waals surface area (Å²) >= 11 is 0. The number of rotatable bonds is 3. The second-order valence-corrected chi connectivity index (χ2v) is 7.47. The average molecular weight is 344 g/mol. The van der Waals surface area contributed by atoms with Crippen molar-refractivity contribution in [1.82, 2.24) is 10.2 Å². The van der Waals surface area contributed by atoms with Gasteiger partial charge in [-0.05, 0) is 35.8 Å². The molecule has 5 nitrogen and oxygen atoms in total. The average Bonchev–Trinajstić information content (AvgIpc) is 2.65. The summed E-state index contributed by atoms with van der Waals surface area (Å²) in [4.78, 5) is 26.5. The number of hydrogen-bond donors (Lipinski definition) is 1. The van der Waals surface area contributed by atoms with Crippen LogP contribution in [-0.4, -0.2) is 37.1 Å². The number of fused-ring (bicyclic) bond motifs is 1. The summed E-state index contributed by atoms with van der Waals surface area (Å²) in [7, 11) is 1.40. The van der Waals surface area contributed by atoms with Crippen LogP contribution in [0, 0.1) is 11.8 Å². The molecule has 5 heteroatoms. The zero-order valence-electron chi connectivity index (χ0n) is 15.2. The molecular weight excluding hydrogens is 316 g/mol. The van der Waals surface area contributed by atoms with Gasteiger partial charge in [-0.1, -0.05) is 44.0 Å². The van der Waals surface area contributed by atoms with Crippen molar-refractivity contribution in [3.05, 3.63) is 35.4 Å². The van der Waals surface area contributed by atoms with Crippen molar-refractivity contribution in [1.29, 1.82) is 0 Å². The van der Waals surface area contributed by atoms with Gasteiger partial charge < -0.3 is 15.0 Å². The molecule has 0 spiro atoms. The molecule has 1 aliphatic heterocycles. The minimum Gasteiger partial charge on any atom is -0.468 e. The topological polar surface area (TPSA) is 58.6 Å². The first-order valence-electron chi connectivity index (χ1n) is 9.27. The Hall–Kier alpha value is -2.04. The maximum atomic E-state index is 12.6. The van der Waals surface area contributed by atoms with Crippen LogP contribution in [0.4, 0.5) is 4.79 Å². The zero-order valence-corrected chi connectivity index (χ0v) is 15.2. The van der Waals surface area contributed by atoms with Gasteiger partial charge in [0.05, 0.1) is 13.0 Å². The van der Waals surface area contributed by atoms with E-state index in [0.717, 1.165) is 23.6 Å². The van der Waals surface area contributed by atoms with Crippen molar-refractivity contribution in [3.8, 4) is 0 Å². The van der Waals surface area contributed by atoms with Gasteiger partial charge in [0, 0.05) is 19.6 Å². The summed E-state index contributed by atoms with van der Waals surface area (Å²) in [5.41, 5.74) is 1.99. The van der Waals surface area contributed by atoms with Crippen LogP contribution in [0.25, 0.3) is 0 Å². The monoisotopic (exact) mass is 344 g/mol. The highest BCUT2D eigenvalue weighted by atomic mass is 16.5. The maximum absolute atomic E-state index is 12.6. The van der Waals surface area contributed by atoms with Crippen molar-refractivity contribution in [3.63, 3.8) is 0 Å². The Labute approximate surface area is 149 Å². The van der Waals surface area contributed by atoms with Crippen molar-refractivity contribution in [2.45, 2.75) is 45.1 Å². The summed E-state index contributed by atoms with van der Waals surface area (Å²) in [5.74, 6) is 0.697. The zero-order chi connectivity index (χ0) is 17.8. The van der Waals surface area contributed by atoms with Gasteiger partial charge in [-0.15, -0.1) is 0 Å². The Balaban J connectivity index is 1.62. The molecule has 1 saturated carbocycles. The molecule has 1 atom stereocenters. The molecule has 136 valence electrons. The molecule has 1 unspecified atom stereocenters. The molecule has 1 aromatic rings. The third-order valence-corrected chi connectivity index (χ3v) is 5.64. The molecule has 1 aliphatic carbocycles. The van der Waals surface area contributed by atoms with E-state index in [1.54, 1.807) is 4.90 Å². The van der Waals surface area contributed by atoms with Crippen LogP contribution in [0.15, 0.2) is 24.3 Å². The number of nitrogens with zero attached hydrogens (tertiary/aromatic N) is 1. The Kier molecular flexibility index (Phi) is 5.61. The van der Waals surface area contributed by atoms with Gasteiger partial charge in [-0.25, -0.2) is 4.79 Å². The predicted molar refractivity (Wildman–Crippen MR) is 96.1 cm³/mol. The highest BCUT2D eigenvalue weighted by molar-refractivity contribution is 5.82. The van der Waals surface area contributed by atoms with Crippen LogP contribution in [0.3, 0.4) is 0 Å². The predicted octanol–water partition coefficient (Wildman–Crippen LogP) is 3.29. The molecule has 0 radical (unpaired) electrons. The van der Waals surface area contributed by atoms with Crippen LogP contribution in [-0.2, 0) is 16.1 Å². The highest BCUT2D eigenvalue weighted by Gasteiger charge is 2.33. The van der Waals surface area contributed by atoms with Crippen molar-refractivity contribution in [2.24, 2.45) is 11.8 Å². The molecule has 2 amide bonds. The minimum atomic E-state index is -0.406. The van der Waals surface area contributed by atoms with E-state index in [4.69, 9.17) is 4.74 Å². The molecule has 25 heavy (non-hydrogen) atoms. The fraction of sp³-hybridized carbons (Fsp3) is 0.600. The SMILES string of the molecule is COC(=O)C1CN(C(=O)NCC2CCC(C)CC2)Cc2ccccc21. The first kappa shape index (κ1) is 17.8. The molecule has 0 saturated heterocycles. The van der Waals surface area contributed by atoms with Gasteiger partial charge >= 0.3 is 12.0 Å². The summed E-state index contributed by atoms with van der Waals surface area (Å²) in [6.45, 7) is 3.94. The van der Waals surface area contributed by atoms with Gasteiger partial charge in [0.1, 0.15) is 0 Å². The number of ether oxygens (including phenoxy) is 1. The fourth-order valence-corrected chi connectivity index (χ4v) is 3.98. The molecule has 3 rings (SSSR count). The van der Waals surface area contributed by atoms with Crippen LogP contribution >= 0.6 is 0 Å². The Morgan fingerprint density at radius 2 is 1.92 bits per heavy atom. The quantitative estimate of drug-likeness (QED) is 0.856. The number of methoxy groups -OCH3 is 1. The van der Waals surface area contributed by atoms with Crippen molar-refractivity contribution >= 4 is 12.0 Å². The summed E-state index contributed by atoms with van der Waals surface area (Å²) in [5, 5.41) is 3.08. The fourth-order valence-electron chi connectivity index (χ4n) is 3.98. The van der Waals surface area contributed by atoms with E-state index >= 15 is 0 Å². The summed E-state index contributed by atoms with van der Waals surface area (Å²) in [6, 6.07) is 7.72. The Morgan fingerprint density at radius 3 is 2.64 bits per heavy atom. The van der Waals surface area contributed by atoms with E-state index in [1.165, 1.54) is 32.8 Å². The minimum absolute atomic E-state index is 0.0815. The number of benzene rings is 1. The third-order valence-electron chi connectivity index (χ3n) is 5.64. The number of carbonyl (C=O) groups is 2. The lowest BCUT2D eigenvalue weighted by Crippen LogP contribution is -2.47. The lowest BCUT2D eigenvalue weighted by molar-refractivity contribution is -0.143. The Bertz CT molecular complexity index is 623. The van der Waals surface area contributed by atoms with Crippen molar-refractivity contribution < 1.29 is 14.3 Å². The first-order chi connectivity index (χ1) is 12.1. The molecule has 0 bridgehead atoms. The molecule has 1 heterocycles. The molecule has 1 N–H and O–H groups in total. The number of amides is 2. The van der Waals surface area contributed by atoms with Gasteiger partial charge in [-0.3, -0.25) is 4.79 Å². The highest BCUT2D eigenvalue weighted by Crippen LogP contribution is 2.30. The second-order valence-electron chi connectivity index (χ2n) is 7.47. The molecule has 1 aromatic carbocycles. The smallest absolute Gasteiger partial charge is 0.317 e. The van der Waals surface area contributed by atoms with E-state index in [2.05, 4.69) is 12.2 Å². The van der Waals surface area contributed by atoms with Crippen LogP contribution < -0.4 is 5.32 Å². The maximum Gasteiger partial charge on any atom is 0.317 e. The number of esters is 1. The lowest BCUT2D eigenvalue weighted by Gasteiger charge is -2.34. The molecule has 2 aliphatic rings. The van der Waals surface area contributed by atoms with Crippen LogP contribution in [0.1, 0.15) is 49.7 Å². The van der Waals surface area contributed by atoms with Gasteiger partial charge in [0.15, 0.2) is 0 Å². The third kappa shape index (κ3) is 4.14. The van der Waals surface area contributed by atoms with Gasteiger partial charge in [0.2, 0.25) is 0 Å². The summed E-state index contributed by atoms with van der Waals surface area (Å²) < 4.78 is 4.94. The molecule has 1 fully saturated rings. The number of carbonyl (C=O) groups excluding carboxylic acids is 2. The second kappa shape index (κ2) is 7.89. The van der Waals surface area contributed by atoms with Gasteiger partial charge in [-0.2, -0.15) is 0 Å². The van der Waals surface area contributed by atoms with E-state index < -0.39 is 5.92 Å². The molecular formula is C20H28N2O3. The largest absolute Gasteiger partial charge is 0.468 e. The Morgan fingerprint density at radius 1 is 1.20 bits per heavy atom. The number of urea groups is 1. The van der Waals surface area contributed by atoms with E-state index in [0.29, 0.717) is 19.0 Å². The van der Waals surface area contributed by atoms with E-state index in [-0.39, 0.29) is 12.0 Å². The summed E-state index contributed by atoms with van der Waals surface area (Å²) in [6.07, 6.45) is 4.88. The number of nitrogens with one attached hydrogen (secondary N) is 1. The normalized spacial score (nSPS) is 25.8. The first-order valence-corrected chi connectivity index (χ1v) is 9.27. The molecule has 0 aromatic heterocycles. The number of hydrogen-bond acceptors (Lipinski definition) is 3. The standard InChI is InChI=1S/C20H28N2O3/c1-14-7-9-15(10-8-14)11-21-20(24)22-12-16-5-3-4-6-17(16)18(13-22)19(23)25-2/h3-6,14-15,18H,7-13H2,1-2H3,(H,21,24).